The number of nitrogens with two attached hydrogens (primary N) is 1. The highest BCUT2D eigenvalue weighted by Gasteiger charge is 2.24. The number of sulfone groups is 1. The lowest BCUT2D eigenvalue weighted by atomic mass is 9.89. The van der Waals surface area contributed by atoms with Crippen LogP contribution in [0, 0.1) is 0 Å². The summed E-state index contributed by atoms with van der Waals surface area (Å²) in [5.74, 6) is -1.42. The fraction of sp³-hybridized carbons (Fsp3) is 0.200. The molecule has 0 saturated heterocycles. The Labute approximate surface area is 179 Å². The van der Waals surface area contributed by atoms with E-state index in [4.69, 9.17) is 28.9 Å². The zero-order valence-electron chi connectivity index (χ0n) is 15.8. The van der Waals surface area contributed by atoms with Crippen LogP contribution in [0.2, 0.25) is 10.0 Å². The average Bonchev–Trinajstić information content (AvgIpc) is 3.11. The van der Waals surface area contributed by atoms with E-state index in [1.54, 1.807) is 55.3 Å². The molecule has 0 aliphatic rings. The number of hydrogen-bond acceptors (Lipinski definition) is 4. The van der Waals surface area contributed by atoms with Crippen LogP contribution < -0.4 is 5.73 Å². The number of aromatic nitrogens is 2. The molecule has 3 rings (SSSR count). The highest BCUT2D eigenvalue weighted by atomic mass is 35.5. The van der Waals surface area contributed by atoms with Crippen molar-refractivity contribution in [2.75, 3.05) is 5.75 Å². The van der Waals surface area contributed by atoms with Crippen LogP contribution >= 0.6 is 23.2 Å². The summed E-state index contributed by atoms with van der Waals surface area (Å²) in [6, 6.07) is 9.47. The third kappa shape index (κ3) is 4.32. The maximum absolute atomic E-state index is 12.3. The van der Waals surface area contributed by atoms with E-state index in [1.807, 2.05) is 0 Å². The van der Waals surface area contributed by atoms with E-state index >= 15 is 0 Å². The number of hydrogen-bond donors (Lipinski definition) is 1. The average molecular weight is 452 g/mol. The molecule has 0 aliphatic carbocycles. The molecule has 152 valence electrons. The second kappa shape index (κ2) is 8.18. The lowest BCUT2D eigenvalue weighted by molar-refractivity contribution is -0.118. The molecule has 3 aromatic rings. The van der Waals surface area contributed by atoms with Gasteiger partial charge in [0, 0.05) is 24.4 Å². The summed E-state index contributed by atoms with van der Waals surface area (Å²) in [5.41, 5.74) is 8.16. The Balaban J connectivity index is 2.11. The molecule has 1 amide bonds. The molecule has 2 aromatic carbocycles. The van der Waals surface area contributed by atoms with E-state index in [2.05, 4.69) is 5.10 Å². The van der Waals surface area contributed by atoms with Gasteiger partial charge in [-0.05, 0) is 35.4 Å². The topological polar surface area (TPSA) is 95.0 Å². The number of benzene rings is 2. The predicted octanol–water partition coefficient (Wildman–Crippen LogP) is 3.80. The van der Waals surface area contributed by atoms with Crippen LogP contribution in [0.1, 0.15) is 24.0 Å². The summed E-state index contributed by atoms with van der Waals surface area (Å²) < 4.78 is 25.7. The number of aryl methyl sites for hydroxylation is 1. The normalized spacial score (nSPS) is 12.7. The van der Waals surface area contributed by atoms with Crippen molar-refractivity contribution in [2.45, 2.75) is 17.7 Å². The van der Waals surface area contributed by atoms with Gasteiger partial charge >= 0.3 is 0 Å². The maximum atomic E-state index is 12.3. The van der Waals surface area contributed by atoms with Crippen molar-refractivity contribution in [1.29, 1.82) is 0 Å². The number of carbonyl (C=O) groups is 1. The number of primary amides is 1. The molecule has 2 N–H and O–H groups in total. The molecule has 1 heterocycles. The summed E-state index contributed by atoms with van der Waals surface area (Å²) in [5, 5.41) is 4.76. The van der Waals surface area contributed by atoms with Crippen molar-refractivity contribution in [1.82, 2.24) is 9.78 Å². The number of nitrogens with zero attached hydrogens (tertiary/aromatic N) is 2. The van der Waals surface area contributed by atoms with Gasteiger partial charge in [0.1, 0.15) is 0 Å². The summed E-state index contributed by atoms with van der Waals surface area (Å²) in [7, 11) is -1.56. The van der Waals surface area contributed by atoms with E-state index < -0.39 is 21.7 Å². The summed E-state index contributed by atoms with van der Waals surface area (Å²) in [6.07, 6.45) is 3.43. The van der Waals surface area contributed by atoms with E-state index in [9.17, 15) is 13.2 Å². The van der Waals surface area contributed by atoms with Gasteiger partial charge in [-0.1, -0.05) is 42.3 Å². The molecule has 0 saturated carbocycles. The third-order valence-electron chi connectivity index (χ3n) is 4.64. The Morgan fingerprint density at radius 2 is 1.83 bits per heavy atom. The van der Waals surface area contributed by atoms with Crippen molar-refractivity contribution in [3.63, 3.8) is 0 Å². The lowest BCUT2D eigenvalue weighted by Gasteiger charge is -2.17. The number of rotatable bonds is 6. The first-order valence-electron chi connectivity index (χ1n) is 8.74. The minimum Gasteiger partial charge on any atom is -0.369 e. The van der Waals surface area contributed by atoms with Crippen molar-refractivity contribution in [3.05, 3.63) is 70.0 Å². The van der Waals surface area contributed by atoms with Crippen LogP contribution in [0.15, 0.2) is 53.7 Å². The maximum Gasteiger partial charge on any atom is 0.229 e. The molecule has 1 aromatic heterocycles. The fourth-order valence-corrected chi connectivity index (χ4v) is 4.43. The molecule has 6 nitrogen and oxygen atoms in total. The third-order valence-corrected chi connectivity index (χ3v) is 7.19. The Hall–Kier alpha value is -2.35. The molecule has 0 radical (unpaired) electrons. The van der Waals surface area contributed by atoms with E-state index in [0.717, 1.165) is 5.56 Å². The number of halogens is 2. The lowest BCUT2D eigenvalue weighted by Crippen LogP contribution is -2.22. The molecule has 9 heteroatoms. The minimum absolute atomic E-state index is 0.00709. The highest BCUT2D eigenvalue weighted by Crippen LogP contribution is 2.38. The monoisotopic (exact) mass is 451 g/mol. The number of amides is 1. The standard InChI is InChI=1S/C20H19Cl2N3O3S/c1-3-29(27,28)15-6-4-12(5-7-15)18(20(23)26)13-8-16(19(22)17(21)9-13)14-10-24-25(2)11-14/h4-11,18H,3H2,1-2H3,(H2,23,26)/t18-/m1/s1. The SMILES string of the molecule is CCS(=O)(=O)c1ccc([C@@H](C(N)=O)c2cc(Cl)c(Cl)c(-c3cnn(C)c3)c2)cc1. The van der Waals surface area contributed by atoms with Crippen LogP contribution in [-0.4, -0.2) is 29.9 Å². The molecule has 1 atom stereocenters. The Morgan fingerprint density at radius 1 is 1.17 bits per heavy atom. The fourth-order valence-electron chi connectivity index (χ4n) is 3.10. The summed E-state index contributed by atoms with van der Waals surface area (Å²) >= 11 is 12.7. The second-order valence-electron chi connectivity index (χ2n) is 6.57. The largest absolute Gasteiger partial charge is 0.369 e. The smallest absolute Gasteiger partial charge is 0.229 e. The van der Waals surface area contributed by atoms with Crippen molar-refractivity contribution < 1.29 is 13.2 Å². The van der Waals surface area contributed by atoms with Gasteiger partial charge in [-0.2, -0.15) is 5.10 Å². The zero-order valence-corrected chi connectivity index (χ0v) is 18.1. The van der Waals surface area contributed by atoms with E-state index in [0.29, 0.717) is 21.7 Å². The van der Waals surface area contributed by atoms with Crippen LogP contribution in [-0.2, 0) is 21.7 Å². The molecule has 0 bridgehead atoms. The van der Waals surface area contributed by atoms with Gasteiger partial charge in [-0.3, -0.25) is 9.48 Å². The predicted molar refractivity (Wildman–Crippen MR) is 114 cm³/mol. The van der Waals surface area contributed by atoms with Gasteiger partial charge in [0.05, 0.1) is 32.8 Å². The van der Waals surface area contributed by atoms with Gasteiger partial charge < -0.3 is 5.73 Å². The Bertz CT molecular complexity index is 1170. The van der Waals surface area contributed by atoms with Crippen LogP contribution in [0.3, 0.4) is 0 Å². The van der Waals surface area contributed by atoms with E-state index in [-0.39, 0.29) is 15.7 Å². The van der Waals surface area contributed by atoms with Crippen molar-refractivity contribution in [3.8, 4) is 11.1 Å². The summed E-state index contributed by atoms with van der Waals surface area (Å²) in [6.45, 7) is 1.57. The first-order chi connectivity index (χ1) is 13.6. The molecule has 0 aliphatic heterocycles. The van der Waals surface area contributed by atoms with Gasteiger partial charge in [-0.15, -0.1) is 0 Å². The first kappa shape index (κ1) is 21.4. The molecule has 0 spiro atoms. The van der Waals surface area contributed by atoms with Gasteiger partial charge in [0.25, 0.3) is 0 Å². The van der Waals surface area contributed by atoms with Crippen molar-refractivity contribution in [2.24, 2.45) is 12.8 Å². The zero-order chi connectivity index (χ0) is 21.3. The van der Waals surface area contributed by atoms with Gasteiger partial charge in [-0.25, -0.2) is 8.42 Å². The molecular formula is C20H19Cl2N3O3S. The first-order valence-corrected chi connectivity index (χ1v) is 11.1. The van der Waals surface area contributed by atoms with Gasteiger partial charge in [0.15, 0.2) is 9.84 Å². The Morgan fingerprint density at radius 3 is 2.34 bits per heavy atom. The summed E-state index contributed by atoms with van der Waals surface area (Å²) in [4.78, 5) is 12.5. The highest BCUT2D eigenvalue weighted by molar-refractivity contribution is 7.91. The molecule has 29 heavy (non-hydrogen) atoms. The second-order valence-corrected chi connectivity index (χ2v) is 9.64. The van der Waals surface area contributed by atoms with Crippen LogP contribution in [0.25, 0.3) is 11.1 Å². The molecule has 0 unspecified atom stereocenters. The molecular weight excluding hydrogens is 433 g/mol. The van der Waals surface area contributed by atoms with Crippen molar-refractivity contribution >= 4 is 38.9 Å². The quantitative estimate of drug-likeness (QED) is 0.616. The van der Waals surface area contributed by atoms with Gasteiger partial charge in [0.2, 0.25) is 5.91 Å². The number of carbonyl (C=O) groups excluding carboxylic acids is 1. The van der Waals surface area contributed by atoms with Crippen LogP contribution in [0.5, 0.6) is 0 Å². The van der Waals surface area contributed by atoms with E-state index in [1.165, 1.54) is 12.1 Å². The van der Waals surface area contributed by atoms with Crippen LogP contribution in [0.4, 0.5) is 0 Å². The minimum atomic E-state index is -3.34. The Kier molecular flexibility index (Phi) is 6.03. The molecule has 0 fully saturated rings.